The average molecular weight is 386 g/mol. The van der Waals surface area contributed by atoms with Crippen molar-refractivity contribution < 1.29 is 9.59 Å². The smallest absolute Gasteiger partial charge is 0.251 e. The molecular formula is C21H27N3O2S. The fraction of sp³-hybridized carbons (Fsp3) is 0.429. The predicted molar refractivity (Wildman–Crippen MR) is 110 cm³/mol. The first-order chi connectivity index (χ1) is 13.0. The standard InChI is InChI=1S/C21H27N3O2S/c1-3-14-8-10-15(11-9-14)12-24(2)13-18(25)23-21-19(20(22)26)16-6-4-5-7-17(16)27-21/h8-11H,3-7,12-13H2,1-2H3,(H2,22,26)(H,23,25). The third kappa shape index (κ3) is 4.76. The van der Waals surface area contributed by atoms with Gasteiger partial charge in [0.25, 0.3) is 5.91 Å². The van der Waals surface area contributed by atoms with Crippen LogP contribution in [0.1, 0.15) is 51.7 Å². The molecule has 1 heterocycles. The molecule has 5 nitrogen and oxygen atoms in total. The number of anilines is 1. The lowest BCUT2D eigenvalue weighted by atomic mass is 9.95. The number of nitrogens with two attached hydrogens (primary N) is 1. The van der Waals surface area contributed by atoms with Crippen LogP contribution in [-0.4, -0.2) is 30.3 Å². The average Bonchev–Trinajstić information content (AvgIpc) is 2.99. The molecule has 0 spiro atoms. The summed E-state index contributed by atoms with van der Waals surface area (Å²) >= 11 is 1.50. The van der Waals surface area contributed by atoms with E-state index in [4.69, 9.17) is 5.73 Å². The van der Waals surface area contributed by atoms with Gasteiger partial charge in [-0.3, -0.25) is 14.5 Å². The van der Waals surface area contributed by atoms with Gasteiger partial charge in [-0.25, -0.2) is 0 Å². The maximum Gasteiger partial charge on any atom is 0.251 e. The van der Waals surface area contributed by atoms with Crippen LogP contribution < -0.4 is 11.1 Å². The van der Waals surface area contributed by atoms with Crippen molar-refractivity contribution in [2.75, 3.05) is 18.9 Å². The number of carbonyl (C=O) groups is 2. The molecule has 3 rings (SSSR count). The molecule has 27 heavy (non-hydrogen) atoms. The van der Waals surface area contributed by atoms with Crippen molar-refractivity contribution in [3.63, 3.8) is 0 Å². The van der Waals surface area contributed by atoms with E-state index in [1.165, 1.54) is 27.3 Å². The lowest BCUT2D eigenvalue weighted by Gasteiger charge is -2.16. The summed E-state index contributed by atoms with van der Waals surface area (Å²) in [5.74, 6) is -0.571. The van der Waals surface area contributed by atoms with Crippen molar-refractivity contribution in [2.45, 2.75) is 45.6 Å². The highest BCUT2D eigenvalue weighted by molar-refractivity contribution is 7.17. The van der Waals surface area contributed by atoms with Gasteiger partial charge in [0, 0.05) is 11.4 Å². The Morgan fingerprint density at radius 1 is 1.15 bits per heavy atom. The van der Waals surface area contributed by atoms with Gasteiger partial charge in [-0.2, -0.15) is 0 Å². The van der Waals surface area contributed by atoms with Crippen LogP contribution in [0.5, 0.6) is 0 Å². The molecule has 0 aliphatic heterocycles. The maximum atomic E-state index is 12.5. The van der Waals surface area contributed by atoms with Crippen LogP contribution >= 0.6 is 11.3 Å². The van der Waals surface area contributed by atoms with Gasteiger partial charge < -0.3 is 11.1 Å². The van der Waals surface area contributed by atoms with E-state index in [2.05, 4.69) is 36.5 Å². The van der Waals surface area contributed by atoms with Crippen LogP contribution in [0.15, 0.2) is 24.3 Å². The molecular weight excluding hydrogens is 358 g/mol. The summed E-state index contributed by atoms with van der Waals surface area (Å²) in [7, 11) is 1.92. The normalized spacial score (nSPS) is 13.4. The molecule has 0 fully saturated rings. The van der Waals surface area contributed by atoms with E-state index in [9.17, 15) is 9.59 Å². The Balaban J connectivity index is 1.63. The van der Waals surface area contributed by atoms with Gasteiger partial charge in [0.2, 0.25) is 5.91 Å². The fourth-order valence-electron chi connectivity index (χ4n) is 3.57. The van der Waals surface area contributed by atoms with Crippen LogP contribution in [0, 0.1) is 0 Å². The maximum absolute atomic E-state index is 12.5. The summed E-state index contributed by atoms with van der Waals surface area (Å²) in [6, 6.07) is 8.45. The number of likely N-dealkylation sites (N-methyl/N-ethyl adjacent to an activating group) is 1. The summed E-state index contributed by atoms with van der Waals surface area (Å²) in [4.78, 5) is 27.6. The van der Waals surface area contributed by atoms with Gasteiger partial charge in [-0.05, 0) is 55.8 Å². The highest BCUT2D eigenvalue weighted by Crippen LogP contribution is 2.37. The van der Waals surface area contributed by atoms with Gasteiger partial charge in [0.15, 0.2) is 0 Å². The summed E-state index contributed by atoms with van der Waals surface area (Å²) in [6.07, 6.45) is 5.04. The minimum Gasteiger partial charge on any atom is -0.365 e. The van der Waals surface area contributed by atoms with Crippen molar-refractivity contribution in [1.29, 1.82) is 0 Å². The third-order valence-electron chi connectivity index (χ3n) is 4.97. The van der Waals surface area contributed by atoms with Crippen LogP contribution in [0.3, 0.4) is 0 Å². The van der Waals surface area contributed by atoms with Crippen LogP contribution in [0.2, 0.25) is 0 Å². The number of rotatable bonds is 7. The SMILES string of the molecule is CCc1ccc(CN(C)CC(=O)Nc2sc3c(c2C(N)=O)CCCC3)cc1. The number of hydrogen-bond donors (Lipinski definition) is 2. The first kappa shape index (κ1) is 19.6. The zero-order valence-corrected chi connectivity index (χ0v) is 16.8. The highest BCUT2D eigenvalue weighted by Gasteiger charge is 2.25. The number of nitrogens with one attached hydrogen (secondary N) is 1. The molecule has 1 aromatic heterocycles. The largest absolute Gasteiger partial charge is 0.365 e. The van der Waals surface area contributed by atoms with Crippen LogP contribution in [-0.2, 0) is 30.6 Å². The molecule has 1 aliphatic carbocycles. The highest BCUT2D eigenvalue weighted by atomic mass is 32.1. The number of benzene rings is 1. The summed E-state index contributed by atoms with van der Waals surface area (Å²) < 4.78 is 0. The molecule has 0 saturated carbocycles. The molecule has 0 atom stereocenters. The molecule has 1 aromatic carbocycles. The van der Waals surface area contributed by atoms with Gasteiger partial charge in [0.1, 0.15) is 5.00 Å². The van der Waals surface area contributed by atoms with Crippen molar-refractivity contribution in [1.82, 2.24) is 4.90 Å². The van der Waals surface area contributed by atoms with E-state index < -0.39 is 5.91 Å². The summed E-state index contributed by atoms with van der Waals surface area (Å²) in [5, 5.41) is 3.53. The zero-order valence-electron chi connectivity index (χ0n) is 16.0. The topological polar surface area (TPSA) is 75.4 Å². The van der Waals surface area contributed by atoms with E-state index in [-0.39, 0.29) is 12.5 Å². The lowest BCUT2D eigenvalue weighted by Crippen LogP contribution is -2.30. The van der Waals surface area contributed by atoms with Crippen molar-refractivity contribution in [3.05, 3.63) is 51.4 Å². The number of amides is 2. The molecule has 0 radical (unpaired) electrons. The second kappa shape index (κ2) is 8.67. The van der Waals surface area contributed by atoms with Gasteiger partial charge in [-0.1, -0.05) is 31.2 Å². The molecule has 3 N–H and O–H groups in total. The number of hydrogen-bond acceptors (Lipinski definition) is 4. The Bertz CT molecular complexity index is 827. The van der Waals surface area contributed by atoms with E-state index in [0.717, 1.165) is 37.7 Å². The Kier molecular flexibility index (Phi) is 6.29. The molecule has 0 saturated heterocycles. The van der Waals surface area contributed by atoms with Crippen LogP contribution in [0.4, 0.5) is 5.00 Å². The molecule has 0 unspecified atom stereocenters. The van der Waals surface area contributed by atoms with E-state index >= 15 is 0 Å². The molecule has 2 amide bonds. The van der Waals surface area contributed by atoms with E-state index in [0.29, 0.717) is 17.1 Å². The van der Waals surface area contributed by atoms with E-state index in [1.807, 2.05) is 11.9 Å². The summed E-state index contributed by atoms with van der Waals surface area (Å²) in [5.41, 5.74) is 9.63. The van der Waals surface area contributed by atoms with Gasteiger partial charge in [-0.15, -0.1) is 11.3 Å². The Morgan fingerprint density at radius 3 is 2.48 bits per heavy atom. The Hall–Kier alpha value is -2.18. The van der Waals surface area contributed by atoms with Gasteiger partial charge >= 0.3 is 0 Å². The van der Waals surface area contributed by atoms with Crippen LogP contribution in [0.25, 0.3) is 0 Å². The lowest BCUT2D eigenvalue weighted by molar-refractivity contribution is -0.117. The molecule has 1 aliphatic rings. The predicted octanol–water partition coefficient (Wildman–Crippen LogP) is 3.36. The molecule has 2 aromatic rings. The Labute approximate surface area is 164 Å². The molecule has 0 bridgehead atoms. The number of primary amides is 1. The van der Waals surface area contributed by atoms with Gasteiger partial charge in [0.05, 0.1) is 12.1 Å². The van der Waals surface area contributed by atoms with E-state index in [1.54, 1.807) is 0 Å². The summed E-state index contributed by atoms with van der Waals surface area (Å²) in [6.45, 7) is 3.09. The first-order valence-corrected chi connectivity index (χ1v) is 10.3. The number of carbonyl (C=O) groups excluding carboxylic acids is 2. The first-order valence-electron chi connectivity index (χ1n) is 9.48. The van der Waals surface area contributed by atoms with Crippen molar-refractivity contribution >= 4 is 28.2 Å². The minimum absolute atomic E-state index is 0.122. The zero-order chi connectivity index (χ0) is 19.4. The second-order valence-corrected chi connectivity index (χ2v) is 8.27. The van der Waals surface area contributed by atoms with Crippen molar-refractivity contribution in [2.24, 2.45) is 5.73 Å². The third-order valence-corrected chi connectivity index (χ3v) is 6.18. The molecule has 6 heteroatoms. The quantitative estimate of drug-likeness (QED) is 0.767. The number of fused-ring (bicyclic) bond motifs is 1. The monoisotopic (exact) mass is 385 g/mol. The minimum atomic E-state index is -0.450. The molecule has 144 valence electrons. The van der Waals surface area contributed by atoms with Crippen molar-refractivity contribution in [3.8, 4) is 0 Å². The number of aryl methyl sites for hydroxylation is 2. The Morgan fingerprint density at radius 2 is 1.81 bits per heavy atom. The number of nitrogens with zero attached hydrogens (tertiary/aromatic N) is 1. The fourth-order valence-corrected chi connectivity index (χ4v) is 4.88. The second-order valence-electron chi connectivity index (χ2n) is 7.17. The number of thiophene rings is 1.